The largest absolute Gasteiger partial charge is 0.465 e. The lowest BCUT2D eigenvalue weighted by atomic mass is 10.1. The van der Waals surface area contributed by atoms with E-state index in [0.717, 1.165) is 0 Å². The van der Waals surface area contributed by atoms with Gasteiger partial charge in [0.2, 0.25) is 0 Å². The maximum atomic E-state index is 13.2. The Morgan fingerprint density at radius 2 is 1.75 bits per heavy atom. The lowest BCUT2D eigenvalue weighted by Crippen LogP contribution is -2.17. The number of methoxy groups -OCH3 is 2. The van der Waals surface area contributed by atoms with E-state index in [9.17, 15) is 18.8 Å². The molecule has 0 atom stereocenters. The molecule has 162 valence electrons. The number of thiazole rings is 1. The molecule has 2 aromatic carbocycles. The number of amides is 1. The Kier molecular flexibility index (Phi) is 5.69. The number of aromatic nitrogens is 2. The Labute approximate surface area is 185 Å². The molecular weight excluding hydrogens is 437 g/mol. The van der Waals surface area contributed by atoms with Crippen molar-refractivity contribution in [2.75, 3.05) is 19.5 Å². The molecule has 0 radical (unpaired) electrons. The molecule has 32 heavy (non-hydrogen) atoms. The molecule has 0 aliphatic carbocycles. The second-order valence-corrected chi connectivity index (χ2v) is 7.44. The monoisotopic (exact) mass is 453 g/mol. The van der Waals surface area contributed by atoms with Crippen LogP contribution in [0, 0.1) is 5.82 Å². The molecule has 1 amide bonds. The Morgan fingerprint density at radius 1 is 1.03 bits per heavy atom. The molecule has 4 rings (SSSR count). The standard InChI is InChI=1S/C22H16FN3O5S/c1-30-20(28)13-5-8-15(21(29)31-2)16(9-13)24-19(27)18-11-32-22-25-17(10-26(18)22)12-3-6-14(23)7-4-12/h3-11H,1-2H3,(H,24,27). The quantitative estimate of drug-likeness (QED) is 0.458. The third-order valence-corrected chi connectivity index (χ3v) is 5.52. The number of anilines is 1. The molecule has 0 saturated carbocycles. The van der Waals surface area contributed by atoms with E-state index in [1.807, 2.05) is 0 Å². The van der Waals surface area contributed by atoms with Gasteiger partial charge in [-0.25, -0.2) is 19.0 Å². The van der Waals surface area contributed by atoms with Gasteiger partial charge >= 0.3 is 11.9 Å². The maximum Gasteiger partial charge on any atom is 0.339 e. The van der Waals surface area contributed by atoms with Crippen molar-refractivity contribution >= 4 is 39.8 Å². The summed E-state index contributed by atoms with van der Waals surface area (Å²) in [5, 5.41) is 4.28. The van der Waals surface area contributed by atoms with Crippen LogP contribution in [0.15, 0.2) is 54.0 Å². The molecule has 0 spiro atoms. The topological polar surface area (TPSA) is 99.0 Å². The van der Waals surface area contributed by atoms with Crippen molar-refractivity contribution in [3.05, 3.63) is 76.7 Å². The van der Waals surface area contributed by atoms with Crippen molar-refractivity contribution in [3.8, 4) is 11.3 Å². The third-order valence-electron chi connectivity index (χ3n) is 4.68. The zero-order chi connectivity index (χ0) is 22.8. The van der Waals surface area contributed by atoms with Gasteiger partial charge in [0.15, 0.2) is 4.96 Å². The fourth-order valence-corrected chi connectivity index (χ4v) is 3.93. The van der Waals surface area contributed by atoms with E-state index < -0.39 is 17.8 Å². The number of halogens is 1. The number of esters is 2. The fourth-order valence-electron chi connectivity index (χ4n) is 3.07. The summed E-state index contributed by atoms with van der Waals surface area (Å²) in [5.74, 6) is -2.17. The maximum absolute atomic E-state index is 13.2. The van der Waals surface area contributed by atoms with Crippen molar-refractivity contribution in [1.82, 2.24) is 9.38 Å². The van der Waals surface area contributed by atoms with E-state index in [0.29, 0.717) is 16.2 Å². The molecule has 0 unspecified atom stereocenters. The van der Waals surface area contributed by atoms with Gasteiger partial charge in [0, 0.05) is 17.1 Å². The van der Waals surface area contributed by atoms with Gasteiger partial charge in [0.1, 0.15) is 11.5 Å². The summed E-state index contributed by atoms with van der Waals surface area (Å²) in [5.41, 5.74) is 1.89. The summed E-state index contributed by atoms with van der Waals surface area (Å²) in [6.45, 7) is 0. The van der Waals surface area contributed by atoms with Gasteiger partial charge in [-0.15, -0.1) is 11.3 Å². The molecule has 0 fully saturated rings. The molecule has 8 nitrogen and oxygen atoms in total. The van der Waals surface area contributed by atoms with Crippen LogP contribution < -0.4 is 5.32 Å². The van der Waals surface area contributed by atoms with E-state index in [2.05, 4.69) is 10.3 Å². The van der Waals surface area contributed by atoms with E-state index in [-0.39, 0.29) is 28.3 Å². The van der Waals surface area contributed by atoms with Gasteiger partial charge in [-0.05, 0) is 42.5 Å². The number of carbonyl (C=O) groups is 3. The average molecular weight is 453 g/mol. The average Bonchev–Trinajstić information content (AvgIpc) is 3.39. The molecule has 0 aliphatic rings. The molecular formula is C22H16FN3O5S. The van der Waals surface area contributed by atoms with Crippen LogP contribution in [0.25, 0.3) is 16.2 Å². The highest BCUT2D eigenvalue weighted by atomic mass is 32.1. The highest BCUT2D eigenvalue weighted by Crippen LogP contribution is 2.26. The van der Waals surface area contributed by atoms with Crippen LogP contribution in [0.3, 0.4) is 0 Å². The summed E-state index contributed by atoms with van der Waals surface area (Å²) < 4.78 is 24.3. The molecule has 1 N–H and O–H groups in total. The Morgan fingerprint density at radius 3 is 2.44 bits per heavy atom. The summed E-state index contributed by atoms with van der Waals surface area (Å²) in [6, 6.07) is 9.99. The van der Waals surface area contributed by atoms with Crippen LogP contribution in [0.2, 0.25) is 0 Å². The first kappa shape index (κ1) is 21.2. The molecule has 10 heteroatoms. The van der Waals surface area contributed by atoms with Crippen molar-refractivity contribution in [1.29, 1.82) is 0 Å². The van der Waals surface area contributed by atoms with Gasteiger partial charge in [-0.2, -0.15) is 0 Å². The number of nitrogens with zero attached hydrogens (tertiary/aromatic N) is 2. The predicted molar refractivity (Wildman–Crippen MR) is 116 cm³/mol. The lowest BCUT2D eigenvalue weighted by molar-refractivity contribution is 0.0587. The van der Waals surface area contributed by atoms with Crippen LogP contribution in [0.5, 0.6) is 0 Å². The highest BCUT2D eigenvalue weighted by molar-refractivity contribution is 7.15. The fraction of sp³-hybridized carbons (Fsp3) is 0.0909. The van der Waals surface area contributed by atoms with Crippen molar-refractivity contribution < 1.29 is 28.2 Å². The van der Waals surface area contributed by atoms with Crippen LogP contribution in [-0.2, 0) is 9.47 Å². The number of imidazole rings is 1. The van der Waals surface area contributed by atoms with Crippen LogP contribution in [-0.4, -0.2) is 41.5 Å². The van der Waals surface area contributed by atoms with Crippen LogP contribution in [0.1, 0.15) is 31.2 Å². The van der Waals surface area contributed by atoms with Gasteiger partial charge in [0.05, 0.1) is 36.7 Å². The first-order chi connectivity index (χ1) is 15.4. The minimum Gasteiger partial charge on any atom is -0.465 e. The van der Waals surface area contributed by atoms with Crippen molar-refractivity contribution in [2.24, 2.45) is 0 Å². The SMILES string of the molecule is COC(=O)c1ccc(C(=O)OC)c(NC(=O)c2csc3nc(-c4ccc(F)cc4)cn23)c1. The number of carbonyl (C=O) groups excluding carboxylic acids is 3. The molecule has 2 aromatic heterocycles. The van der Waals surface area contributed by atoms with Gasteiger partial charge < -0.3 is 14.8 Å². The summed E-state index contributed by atoms with van der Waals surface area (Å²) in [4.78, 5) is 42.1. The van der Waals surface area contributed by atoms with Gasteiger partial charge in [0.25, 0.3) is 5.91 Å². The van der Waals surface area contributed by atoms with Gasteiger partial charge in [-0.1, -0.05) is 0 Å². The summed E-state index contributed by atoms with van der Waals surface area (Å²) in [6.07, 6.45) is 1.67. The van der Waals surface area contributed by atoms with E-state index >= 15 is 0 Å². The van der Waals surface area contributed by atoms with Crippen molar-refractivity contribution in [3.63, 3.8) is 0 Å². The minimum absolute atomic E-state index is 0.0811. The predicted octanol–water partition coefficient (Wildman–Crippen LogP) is 4.03. The number of ether oxygens (including phenoxy) is 2. The number of rotatable bonds is 5. The summed E-state index contributed by atoms with van der Waals surface area (Å²) in [7, 11) is 2.45. The molecule has 2 heterocycles. The number of hydrogen-bond donors (Lipinski definition) is 1. The minimum atomic E-state index is -0.673. The van der Waals surface area contributed by atoms with E-state index in [4.69, 9.17) is 9.47 Å². The summed E-state index contributed by atoms with van der Waals surface area (Å²) >= 11 is 1.25. The van der Waals surface area contributed by atoms with E-state index in [1.54, 1.807) is 28.1 Å². The number of nitrogens with one attached hydrogen (secondary N) is 1. The zero-order valence-electron chi connectivity index (χ0n) is 16.9. The highest BCUT2D eigenvalue weighted by Gasteiger charge is 2.20. The van der Waals surface area contributed by atoms with E-state index in [1.165, 1.54) is 55.9 Å². The molecule has 0 saturated heterocycles. The number of hydrogen-bond acceptors (Lipinski definition) is 7. The third kappa shape index (κ3) is 3.95. The Balaban J connectivity index is 1.68. The molecule has 4 aromatic rings. The molecule has 0 bridgehead atoms. The molecule has 0 aliphatic heterocycles. The lowest BCUT2D eigenvalue weighted by Gasteiger charge is -2.11. The normalized spacial score (nSPS) is 10.7. The Bertz CT molecular complexity index is 1340. The zero-order valence-corrected chi connectivity index (χ0v) is 17.7. The smallest absolute Gasteiger partial charge is 0.339 e. The first-order valence-electron chi connectivity index (χ1n) is 9.26. The first-order valence-corrected chi connectivity index (χ1v) is 10.1. The Hall–Kier alpha value is -4.05. The van der Waals surface area contributed by atoms with Gasteiger partial charge in [-0.3, -0.25) is 9.20 Å². The van der Waals surface area contributed by atoms with Crippen LogP contribution >= 0.6 is 11.3 Å². The van der Waals surface area contributed by atoms with Crippen molar-refractivity contribution in [2.45, 2.75) is 0 Å². The second kappa shape index (κ2) is 8.60. The number of benzene rings is 2. The second-order valence-electron chi connectivity index (χ2n) is 6.60. The van der Waals surface area contributed by atoms with Crippen LogP contribution in [0.4, 0.5) is 10.1 Å². The number of fused-ring (bicyclic) bond motifs is 1.